The molecule has 0 aliphatic heterocycles. The Morgan fingerprint density at radius 1 is 0.680 bits per heavy atom. The maximum Gasteiger partial charge on any atom is 0.245 e. The van der Waals surface area contributed by atoms with Gasteiger partial charge in [-0.2, -0.15) is 0 Å². The van der Waals surface area contributed by atoms with Crippen molar-refractivity contribution in [1.82, 2.24) is 15.0 Å². The quantitative estimate of drug-likeness (QED) is 0.623. The molecular weight excluding hydrogens is 361 g/mol. The second-order valence-electron chi connectivity index (χ2n) is 7.98. The van der Waals surface area contributed by atoms with Gasteiger partial charge in [-0.25, -0.2) is 15.0 Å². The topological polar surface area (TPSA) is 65.0 Å². The van der Waals surface area contributed by atoms with E-state index in [-0.39, 0.29) is 27.6 Å². The van der Waals surface area contributed by atoms with Gasteiger partial charge in [0.25, 0.3) is 0 Å². The Bertz CT molecular complexity index is 786. The van der Waals surface area contributed by atoms with Crippen molar-refractivity contribution in [2.45, 2.75) is 52.4 Å². The van der Waals surface area contributed by atoms with Crippen LogP contribution < -0.4 is 0 Å². The number of nitrogens with zero attached hydrogens (tertiary/aromatic N) is 3. The summed E-state index contributed by atoms with van der Waals surface area (Å²) in [6, 6.07) is 5.64. The van der Waals surface area contributed by atoms with Crippen molar-refractivity contribution in [1.29, 1.82) is 0 Å². The van der Waals surface area contributed by atoms with Crippen LogP contribution in [0.5, 0.6) is 0 Å². The van der Waals surface area contributed by atoms with Crippen LogP contribution in [0.1, 0.15) is 52.9 Å². The van der Waals surface area contributed by atoms with Gasteiger partial charge >= 0.3 is 0 Å². The second-order valence-corrected chi connectivity index (χ2v) is 7.98. The molecular formula is C19H23CoN3O2. The molecule has 0 N–H and O–H groups in total. The van der Waals surface area contributed by atoms with E-state index in [0.29, 0.717) is 23.2 Å². The van der Waals surface area contributed by atoms with Gasteiger partial charge in [-0.15, -0.1) is 0 Å². The van der Waals surface area contributed by atoms with Gasteiger partial charge in [0, 0.05) is 27.6 Å². The monoisotopic (exact) mass is 384 g/mol. The number of rotatable bonds is 2. The molecule has 3 rings (SSSR count). The summed E-state index contributed by atoms with van der Waals surface area (Å²) < 4.78 is 11.2. The standard InChI is InChI=1S/C19H23N3O2.Co/c1-18(2,3)14-10-23-16(21-14)12-8-7-9-13(20-12)17-22-15(11-24-17)19(4,5)6;/h7-11H,1-6H3;. The molecule has 3 aromatic heterocycles. The molecule has 25 heavy (non-hydrogen) atoms. The third-order valence-corrected chi connectivity index (χ3v) is 3.73. The van der Waals surface area contributed by atoms with Gasteiger partial charge in [-0.1, -0.05) is 47.6 Å². The van der Waals surface area contributed by atoms with Crippen LogP contribution >= 0.6 is 0 Å². The number of aromatic nitrogens is 3. The SMILES string of the molecule is CC(C)(C)c1coc(-c2cccc(-c3nc(C(C)(C)C)co3)n2)n1.[Co]. The van der Waals surface area contributed by atoms with Gasteiger partial charge in [-0.05, 0) is 12.1 Å². The Hall–Kier alpha value is -1.92. The van der Waals surface area contributed by atoms with Gasteiger partial charge < -0.3 is 8.83 Å². The minimum Gasteiger partial charge on any atom is -0.443 e. The van der Waals surface area contributed by atoms with E-state index >= 15 is 0 Å². The molecule has 3 heterocycles. The number of pyridine rings is 1. The summed E-state index contributed by atoms with van der Waals surface area (Å²) in [5.74, 6) is 1.01. The van der Waals surface area contributed by atoms with Crippen LogP contribution in [0, 0.1) is 0 Å². The molecule has 1 radical (unpaired) electrons. The maximum absolute atomic E-state index is 5.60. The first kappa shape index (κ1) is 19.4. The van der Waals surface area contributed by atoms with Gasteiger partial charge in [0.05, 0.1) is 11.4 Å². The first-order valence-corrected chi connectivity index (χ1v) is 8.04. The molecule has 0 bridgehead atoms. The summed E-state index contributed by atoms with van der Waals surface area (Å²) in [6.07, 6.45) is 3.37. The Labute approximate surface area is 158 Å². The van der Waals surface area contributed by atoms with Crippen LogP contribution in [-0.4, -0.2) is 15.0 Å². The molecule has 0 atom stereocenters. The van der Waals surface area contributed by atoms with Crippen molar-refractivity contribution in [3.8, 4) is 23.2 Å². The molecule has 0 aliphatic rings. The summed E-state index contributed by atoms with van der Waals surface area (Å²) in [5.41, 5.74) is 3.00. The first-order valence-electron chi connectivity index (χ1n) is 8.04. The van der Waals surface area contributed by atoms with Crippen molar-refractivity contribution >= 4 is 0 Å². The smallest absolute Gasteiger partial charge is 0.245 e. The van der Waals surface area contributed by atoms with E-state index in [2.05, 4.69) is 56.5 Å². The van der Waals surface area contributed by atoms with E-state index in [0.717, 1.165) is 11.4 Å². The van der Waals surface area contributed by atoms with Crippen molar-refractivity contribution in [2.24, 2.45) is 0 Å². The molecule has 0 aliphatic carbocycles. The van der Waals surface area contributed by atoms with E-state index in [1.807, 2.05) is 18.2 Å². The molecule has 3 aromatic rings. The molecule has 0 unspecified atom stereocenters. The molecule has 135 valence electrons. The van der Waals surface area contributed by atoms with Gasteiger partial charge in [0.2, 0.25) is 11.8 Å². The Morgan fingerprint density at radius 2 is 1.08 bits per heavy atom. The minimum absolute atomic E-state index is 0. The number of hydrogen-bond donors (Lipinski definition) is 0. The fraction of sp³-hybridized carbons (Fsp3) is 0.421. The fourth-order valence-corrected chi connectivity index (χ4v) is 2.14. The zero-order valence-corrected chi connectivity index (χ0v) is 16.4. The summed E-state index contributed by atoms with van der Waals surface area (Å²) in [6.45, 7) is 12.6. The Kier molecular flexibility index (Phi) is 5.25. The summed E-state index contributed by atoms with van der Waals surface area (Å²) >= 11 is 0. The largest absolute Gasteiger partial charge is 0.443 e. The van der Waals surface area contributed by atoms with E-state index in [1.54, 1.807) is 12.5 Å². The van der Waals surface area contributed by atoms with Gasteiger partial charge in [-0.3, -0.25) is 0 Å². The second kappa shape index (κ2) is 6.76. The number of hydrogen-bond acceptors (Lipinski definition) is 5. The average molecular weight is 384 g/mol. The Morgan fingerprint density at radius 3 is 1.40 bits per heavy atom. The molecule has 0 spiro atoms. The molecule has 0 amide bonds. The van der Waals surface area contributed by atoms with Crippen LogP contribution in [0.3, 0.4) is 0 Å². The van der Waals surface area contributed by atoms with Crippen molar-refractivity contribution in [3.05, 3.63) is 42.1 Å². The molecule has 0 saturated carbocycles. The fourth-order valence-electron chi connectivity index (χ4n) is 2.14. The third-order valence-electron chi connectivity index (χ3n) is 3.73. The molecule has 0 aromatic carbocycles. The van der Waals surface area contributed by atoms with Crippen LogP contribution in [0.2, 0.25) is 0 Å². The van der Waals surface area contributed by atoms with Crippen molar-refractivity contribution < 1.29 is 25.6 Å². The summed E-state index contributed by atoms with van der Waals surface area (Å²) in [7, 11) is 0. The van der Waals surface area contributed by atoms with Crippen LogP contribution in [0.4, 0.5) is 0 Å². The average Bonchev–Trinajstić information content (AvgIpc) is 3.16. The zero-order chi connectivity index (χ0) is 17.5. The zero-order valence-electron chi connectivity index (χ0n) is 15.4. The molecule has 0 saturated heterocycles. The van der Waals surface area contributed by atoms with E-state index < -0.39 is 0 Å². The first-order chi connectivity index (χ1) is 11.1. The molecule has 5 nitrogen and oxygen atoms in total. The minimum atomic E-state index is -0.0659. The number of oxazole rings is 2. The van der Waals surface area contributed by atoms with E-state index in [1.165, 1.54) is 0 Å². The van der Waals surface area contributed by atoms with Crippen LogP contribution in [0.25, 0.3) is 23.2 Å². The summed E-state index contributed by atoms with van der Waals surface area (Å²) in [4.78, 5) is 13.7. The van der Waals surface area contributed by atoms with E-state index in [9.17, 15) is 0 Å². The predicted octanol–water partition coefficient (Wildman–Crippen LogP) is 4.98. The predicted molar refractivity (Wildman–Crippen MR) is 92.6 cm³/mol. The third kappa shape index (κ3) is 4.19. The molecule has 0 fully saturated rings. The van der Waals surface area contributed by atoms with Crippen molar-refractivity contribution in [3.63, 3.8) is 0 Å². The maximum atomic E-state index is 5.60. The summed E-state index contributed by atoms with van der Waals surface area (Å²) in [5, 5.41) is 0. The van der Waals surface area contributed by atoms with Gasteiger partial charge in [0.1, 0.15) is 23.9 Å². The Balaban J connectivity index is 0.00000225. The normalized spacial score (nSPS) is 12.1. The van der Waals surface area contributed by atoms with Crippen LogP contribution in [-0.2, 0) is 27.6 Å². The van der Waals surface area contributed by atoms with Crippen molar-refractivity contribution in [2.75, 3.05) is 0 Å². The van der Waals surface area contributed by atoms with E-state index in [4.69, 9.17) is 8.83 Å². The van der Waals surface area contributed by atoms with Gasteiger partial charge in [0.15, 0.2) is 0 Å². The molecule has 6 heteroatoms. The van der Waals surface area contributed by atoms with Crippen LogP contribution in [0.15, 0.2) is 39.6 Å².